The van der Waals surface area contributed by atoms with Crippen LogP contribution in [0.15, 0.2) is 0 Å². The average Bonchev–Trinajstić information content (AvgIpc) is 2.79. The van der Waals surface area contributed by atoms with Crippen LogP contribution in [-0.4, -0.2) is 64.7 Å². The molecule has 0 saturated heterocycles. The van der Waals surface area contributed by atoms with E-state index in [-0.39, 0.29) is 11.6 Å². The Balaban J connectivity index is 2.69. The SMILES string of the molecule is COCCc1c(C(=O)O)nnn1CCCC(=O)N(C)C. The standard InChI is InChI=1S/C12H20N4O4/c1-15(2)10(17)5-4-7-16-9(6-8-20-3)11(12(18)19)13-14-16/h4-8H2,1-3H3,(H,18,19). The first kappa shape index (κ1) is 16.1. The van der Waals surface area contributed by atoms with Gasteiger partial charge in [-0.25, -0.2) is 9.48 Å². The lowest BCUT2D eigenvalue weighted by molar-refractivity contribution is -0.128. The number of methoxy groups -OCH3 is 1. The molecular formula is C12H20N4O4. The van der Waals surface area contributed by atoms with Gasteiger partial charge in [0.2, 0.25) is 5.91 Å². The Morgan fingerprint density at radius 1 is 1.40 bits per heavy atom. The summed E-state index contributed by atoms with van der Waals surface area (Å²) in [7, 11) is 4.94. The number of rotatable bonds is 8. The first-order valence-electron chi connectivity index (χ1n) is 6.32. The predicted molar refractivity (Wildman–Crippen MR) is 70.5 cm³/mol. The molecule has 1 rings (SSSR count). The maximum absolute atomic E-state index is 11.5. The minimum atomic E-state index is -1.10. The Morgan fingerprint density at radius 2 is 2.10 bits per heavy atom. The summed E-state index contributed by atoms with van der Waals surface area (Å²) in [4.78, 5) is 24.0. The van der Waals surface area contributed by atoms with Crippen molar-refractivity contribution < 1.29 is 19.4 Å². The monoisotopic (exact) mass is 284 g/mol. The van der Waals surface area contributed by atoms with Crippen molar-refractivity contribution in [1.29, 1.82) is 0 Å². The van der Waals surface area contributed by atoms with E-state index in [1.54, 1.807) is 21.2 Å². The van der Waals surface area contributed by atoms with Crippen LogP contribution in [0, 0.1) is 0 Å². The van der Waals surface area contributed by atoms with E-state index in [0.29, 0.717) is 38.1 Å². The highest BCUT2D eigenvalue weighted by atomic mass is 16.5. The molecule has 1 heterocycles. The van der Waals surface area contributed by atoms with Crippen LogP contribution in [0.3, 0.4) is 0 Å². The van der Waals surface area contributed by atoms with Crippen molar-refractivity contribution in [3.63, 3.8) is 0 Å². The lowest BCUT2D eigenvalue weighted by atomic mass is 10.2. The third-order valence-electron chi connectivity index (χ3n) is 2.84. The number of carboxylic acids is 1. The zero-order chi connectivity index (χ0) is 15.1. The maximum Gasteiger partial charge on any atom is 0.358 e. The highest BCUT2D eigenvalue weighted by Gasteiger charge is 2.18. The van der Waals surface area contributed by atoms with Gasteiger partial charge in [0, 0.05) is 40.6 Å². The number of aryl methyl sites for hydroxylation is 1. The summed E-state index contributed by atoms with van der Waals surface area (Å²) in [6.07, 6.45) is 1.39. The van der Waals surface area contributed by atoms with Gasteiger partial charge in [-0.05, 0) is 6.42 Å². The van der Waals surface area contributed by atoms with Crippen LogP contribution in [0.25, 0.3) is 0 Å². The molecule has 0 fully saturated rings. The van der Waals surface area contributed by atoms with Gasteiger partial charge in [0.1, 0.15) is 0 Å². The summed E-state index contributed by atoms with van der Waals surface area (Å²) < 4.78 is 6.49. The fourth-order valence-corrected chi connectivity index (χ4v) is 1.73. The molecule has 1 N–H and O–H groups in total. The van der Waals surface area contributed by atoms with E-state index in [2.05, 4.69) is 10.3 Å². The minimum absolute atomic E-state index is 0.0296. The van der Waals surface area contributed by atoms with Gasteiger partial charge in [0.25, 0.3) is 0 Å². The van der Waals surface area contributed by atoms with E-state index < -0.39 is 5.97 Å². The highest BCUT2D eigenvalue weighted by Crippen LogP contribution is 2.09. The molecule has 20 heavy (non-hydrogen) atoms. The van der Waals surface area contributed by atoms with Crippen LogP contribution < -0.4 is 0 Å². The van der Waals surface area contributed by atoms with Crippen LogP contribution >= 0.6 is 0 Å². The molecule has 0 aliphatic rings. The second-order valence-electron chi connectivity index (χ2n) is 4.55. The quantitative estimate of drug-likeness (QED) is 0.723. The third kappa shape index (κ3) is 4.30. The van der Waals surface area contributed by atoms with E-state index in [1.165, 1.54) is 9.58 Å². The lowest BCUT2D eigenvalue weighted by Crippen LogP contribution is -2.22. The van der Waals surface area contributed by atoms with E-state index in [9.17, 15) is 9.59 Å². The zero-order valence-electron chi connectivity index (χ0n) is 12.0. The summed E-state index contributed by atoms with van der Waals surface area (Å²) in [6.45, 7) is 0.850. The number of hydrogen-bond donors (Lipinski definition) is 1. The normalized spacial score (nSPS) is 10.6. The summed E-state index contributed by atoms with van der Waals surface area (Å²) in [5.41, 5.74) is 0.470. The topological polar surface area (TPSA) is 97.5 Å². The Hall–Kier alpha value is -1.96. The van der Waals surface area contributed by atoms with Crippen molar-refractivity contribution in [2.75, 3.05) is 27.8 Å². The highest BCUT2D eigenvalue weighted by molar-refractivity contribution is 5.86. The Kier molecular flexibility index (Phi) is 6.10. The van der Waals surface area contributed by atoms with Crippen LogP contribution in [0.2, 0.25) is 0 Å². The number of carboxylic acid groups (broad SMARTS) is 1. The number of nitrogens with zero attached hydrogens (tertiary/aromatic N) is 4. The molecular weight excluding hydrogens is 264 g/mol. The average molecular weight is 284 g/mol. The van der Waals surface area contributed by atoms with Gasteiger partial charge in [-0.3, -0.25) is 4.79 Å². The molecule has 8 nitrogen and oxygen atoms in total. The molecule has 112 valence electrons. The first-order valence-corrected chi connectivity index (χ1v) is 6.32. The Bertz CT molecular complexity index is 470. The van der Waals surface area contributed by atoms with Crippen molar-refractivity contribution in [2.24, 2.45) is 0 Å². The van der Waals surface area contributed by atoms with Gasteiger partial charge in [0.15, 0.2) is 5.69 Å². The second-order valence-corrected chi connectivity index (χ2v) is 4.55. The van der Waals surface area contributed by atoms with Crippen LogP contribution in [0.4, 0.5) is 0 Å². The summed E-state index contributed by atoms with van der Waals surface area (Å²) in [5.74, 6) is -1.08. The van der Waals surface area contributed by atoms with Crippen molar-refractivity contribution in [3.05, 3.63) is 11.4 Å². The Labute approximate surface area is 117 Å². The maximum atomic E-state index is 11.5. The van der Waals surface area contributed by atoms with Gasteiger partial charge in [0.05, 0.1) is 12.3 Å². The molecule has 0 radical (unpaired) electrons. The van der Waals surface area contributed by atoms with Gasteiger partial charge < -0.3 is 14.7 Å². The third-order valence-corrected chi connectivity index (χ3v) is 2.84. The molecule has 0 atom stereocenters. The first-order chi connectivity index (χ1) is 9.47. The molecule has 0 bridgehead atoms. The zero-order valence-corrected chi connectivity index (χ0v) is 12.0. The molecule has 0 unspecified atom stereocenters. The number of ether oxygens (including phenoxy) is 1. The number of hydrogen-bond acceptors (Lipinski definition) is 5. The fourth-order valence-electron chi connectivity index (χ4n) is 1.73. The van der Waals surface area contributed by atoms with Crippen molar-refractivity contribution in [3.8, 4) is 0 Å². The predicted octanol–water partition coefficient (Wildman–Crippen LogP) is 0.0336. The molecule has 0 spiro atoms. The number of aromatic nitrogens is 3. The largest absolute Gasteiger partial charge is 0.476 e. The van der Waals surface area contributed by atoms with E-state index >= 15 is 0 Å². The number of carbonyl (C=O) groups is 2. The number of carbonyl (C=O) groups excluding carboxylic acids is 1. The van der Waals surface area contributed by atoms with E-state index in [4.69, 9.17) is 9.84 Å². The molecule has 0 aliphatic heterocycles. The van der Waals surface area contributed by atoms with Crippen molar-refractivity contribution >= 4 is 11.9 Å². The molecule has 8 heteroatoms. The fraction of sp³-hybridized carbons (Fsp3) is 0.667. The second kappa shape index (κ2) is 7.59. The molecule has 1 amide bonds. The van der Waals surface area contributed by atoms with Gasteiger partial charge in [-0.1, -0.05) is 5.21 Å². The summed E-state index contributed by atoms with van der Waals surface area (Å²) >= 11 is 0. The minimum Gasteiger partial charge on any atom is -0.476 e. The lowest BCUT2D eigenvalue weighted by Gasteiger charge is -2.10. The van der Waals surface area contributed by atoms with Crippen LogP contribution in [0.5, 0.6) is 0 Å². The molecule has 0 aliphatic carbocycles. The Morgan fingerprint density at radius 3 is 2.65 bits per heavy atom. The van der Waals surface area contributed by atoms with Gasteiger partial charge in [-0.15, -0.1) is 5.10 Å². The van der Waals surface area contributed by atoms with Crippen LogP contribution in [-0.2, 0) is 22.5 Å². The summed E-state index contributed by atoms with van der Waals surface area (Å²) in [6, 6.07) is 0. The molecule has 1 aromatic rings. The van der Waals surface area contributed by atoms with Crippen molar-refractivity contribution in [2.45, 2.75) is 25.8 Å². The van der Waals surface area contributed by atoms with Crippen LogP contribution in [0.1, 0.15) is 29.0 Å². The summed E-state index contributed by atoms with van der Waals surface area (Å²) in [5, 5.41) is 16.5. The smallest absolute Gasteiger partial charge is 0.358 e. The van der Waals surface area contributed by atoms with E-state index in [1.807, 2.05) is 0 Å². The van der Waals surface area contributed by atoms with Gasteiger partial charge >= 0.3 is 5.97 Å². The molecule has 0 aromatic carbocycles. The number of aromatic carboxylic acids is 1. The van der Waals surface area contributed by atoms with Gasteiger partial charge in [-0.2, -0.15) is 0 Å². The number of amides is 1. The van der Waals surface area contributed by atoms with Crippen molar-refractivity contribution in [1.82, 2.24) is 19.9 Å². The molecule has 0 saturated carbocycles. The molecule has 1 aromatic heterocycles. The van der Waals surface area contributed by atoms with E-state index in [0.717, 1.165) is 0 Å².